The highest BCUT2D eigenvalue weighted by Crippen LogP contribution is 2.32. The van der Waals surface area contributed by atoms with Crippen molar-refractivity contribution in [1.29, 1.82) is 0 Å². The normalized spacial score (nSPS) is 12.9. The van der Waals surface area contributed by atoms with Crippen LogP contribution in [-0.2, 0) is 10.0 Å². The van der Waals surface area contributed by atoms with Gasteiger partial charge >= 0.3 is 0 Å². The van der Waals surface area contributed by atoms with Gasteiger partial charge in [0.15, 0.2) is 23.0 Å². The molecule has 0 aliphatic carbocycles. The van der Waals surface area contributed by atoms with Crippen LogP contribution in [0, 0.1) is 0 Å². The Bertz CT molecular complexity index is 1290. The molecule has 0 saturated heterocycles. The topological polar surface area (TPSA) is 112 Å². The number of ether oxygens (including phenoxy) is 4. The van der Waals surface area contributed by atoms with E-state index in [1.165, 1.54) is 26.4 Å². The van der Waals surface area contributed by atoms with E-state index in [1.54, 1.807) is 48.5 Å². The number of nitrogens with one attached hydrogen (secondary N) is 2. The molecule has 0 fully saturated rings. The van der Waals surface area contributed by atoms with Gasteiger partial charge in [0.2, 0.25) is 0 Å². The molecule has 3 aromatic carbocycles. The average molecular weight is 485 g/mol. The van der Waals surface area contributed by atoms with E-state index >= 15 is 0 Å². The van der Waals surface area contributed by atoms with Crippen LogP contribution >= 0.6 is 0 Å². The molecule has 178 valence electrons. The highest BCUT2D eigenvalue weighted by atomic mass is 32.2. The van der Waals surface area contributed by atoms with Crippen molar-refractivity contribution >= 4 is 27.3 Å². The smallest absolute Gasteiger partial charge is 0.262 e. The van der Waals surface area contributed by atoms with Crippen molar-refractivity contribution in [2.75, 3.05) is 37.5 Å². The van der Waals surface area contributed by atoms with Crippen molar-refractivity contribution in [2.24, 2.45) is 0 Å². The SMILES string of the molecule is COc1ccc(C(=O)Nc2ccc(NS(=O)(=O)c3ccc4c(c3)OCCCO4)cc2)cc1OC. The first-order valence-corrected chi connectivity index (χ1v) is 11.9. The zero-order valence-corrected chi connectivity index (χ0v) is 19.5. The summed E-state index contributed by atoms with van der Waals surface area (Å²) in [4.78, 5) is 12.6. The van der Waals surface area contributed by atoms with Crippen LogP contribution in [0.5, 0.6) is 23.0 Å². The van der Waals surface area contributed by atoms with Gasteiger partial charge in [-0.2, -0.15) is 0 Å². The van der Waals surface area contributed by atoms with Crippen LogP contribution in [0.2, 0.25) is 0 Å². The van der Waals surface area contributed by atoms with Crippen LogP contribution in [0.3, 0.4) is 0 Å². The minimum Gasteiger partial charge on any atom is -0.493 e. The summed E-state index contributed by atoms with van der Waals surface area (Å²) in [6.07, 6.45) is 0.726. The Kier molecular flexibility index (Phi) is 6.78. The van der Waals surface area contributed by atoms with Gasteiger partial charge in [-0.3, -0.25) is 9.52 Å². The summed E-state index contributed by atoms with van der Waals surface area (Å²) in [6, 6.07) is 15.7. The lowest BCUT2D eigenvalue weighted by molar-refractivity contribution is 0.102. The Labute approximate surface area is 197 Å². The maximum atomic E-state index is 12.8. The zero-order chi connectivity index (χ0) is 24.1. The number of carbonyl (C=O) groups is 1. The maximum Gasteiger partial charge on any atom is 0.262 e. The minimum atomic E-state index is -3.85. The fourth-order valence-corrected chi connectivity index (χ4v) is 4.40. The molecule has 4 rings (SSSR count). The highest BCUT2D eigenvalue weighted by molar-refractivity contribution is 7.92. The second kappa shape index (κ2) is 9.92. The molecule has 3 aromatic rings. The molecule has 2 N–H and O–H groups in total. The van der Waals surface area contributed by atoms with Gasteiger partial charge in [-0.25, -0.2) is 8.42 Å². The largest absolute Gasteiger partial charge is 0.493 e. The summed E-state index contributed by atoms with van der Waals surface area (Å²) in [5, 5.41) is 2.77. The Hall–Kier alpha value is -3.92. The number of sulfonamides is 1. The number of benzene rings is 3. The molecule has 9 nitrogen and oxygen atoms in total. The molecule has 0 spiro atoms. The van der Waals surface area contributed by atoms with Crippen LogP contribution in [-0.4, -0.2) is 41.8 Å². The van der Waals surface area contributed by atoms with Crippen molar-refractivity contribution in [3.8, 4) is 23.0 Å². The van der Waals surface area contributed by atoms with E-state index in [0.717, 1.165) is 6.42 Å². The predicted octanol–water partition coefficient (Wildman–Crippen LogP) is 3.92. The van der Waals surface area contributed by atoms with Crippen molar-refractivity contribution < 1.29 is 32.2 Å². The molecular formula is C24H24N2O7S. The van der Waals surface area contributed by atoms with Gasteiger partial charge in [-0.05, 0) is 54.6 Å². The van der Waals surface area contributed by atoms with Gasteiger partial charge < -0.3 is 24.3 Å². The average Bonchev–Trinajstić information content (AvgIpc) is 3.09. The summed E-state index contributed by atoms with van der Waals surface area (Å²) < 4.78 is 49.7. The first kappa shape index (κ1) is 23.2. The molecule has 1 aliphatic rings. The Morgan fingerprint density at radius 2 is 1.50 bits per heavy atom. The number of carbonyl (C=O) groups excluding carboxylic acids is 1. The van der Waals surface area contributed by atoms with E-state index in [2.05, 4.69) is 10.0 Å². The molecule has 1 aliphatic heterocycles. The standard InChI is InChI=1S/C24H24N2O7S/c1-30-20-10-4-16(14-22(20)31-2)24(27)25-17-5-7-18(8-6-17)26-34(28,29)19-9-11-21-23(15-19)33-13-3-12-32-21/h4-11,14-15,26H,3,12-13H2,1-2H3,(H,25,27). The monoisotopic (exact) mass is 484 g/mol. The molecule has 10 heteroatoms. The van der Waals surface area contributed by atoms with E-state index in [9.17, 15) is 13.2 Å². The lowest BCUT2D eigenvalue weighted by Crippen LogP contribution is -2.14. The maximum absolute atomic E-state index is 12.8. The van der Waals surface area contributed by atoms with Crippen LogP contribution in [0.15, 0.2) is 65.6 Å². The molecule has 1 amide bonds. The molecule has 1 heterocycles. The molecule has 0 radical (unpaired) electrons. The number of fused-ring (bicyclic) bond motifs is 1. The number of amides is 1. The number of hydrogen-bond donors (Lipinski definition) is 2. The molecular weight excluding hydrogens is 460 g/mol. The lowest BCUT2D eigenvalue weighted by Gasteiger charge is -2.12. The first-order chi connectivity index (χ1) is 16.4. The van der Waals surface area contributed by atoms with Crippen molar-refractivity contribution in [1.82, 2.24) is 0 Å². The molecule has 0 unspecified atom stereocenters. The fraction of sp³-hybridized carbons (Fsp3) is 0.208. The van der Waals surface area contributed by atoms with Gasteiger partial charge in [-0.15, -0.1) is 0 Å². The minimum absolute atomic E-state index is 0.0579. The predicted molar refractivity (Wildman–Crippen MR) is 127 cm³/mol. The van der Waals surface area contributed by atoms with Crippen LogP contribution < -0.4 is 29.0 Å². The Morgan fingerprint density at radius 3 is 2.21 bits per heavy atom. The second-order valence-electron chi connectivity index (χ2n) is 7.37. The quantitative estimate of drug-likeness (QED) is 0.523. The summed E-state index contributed by atoms with van der Waals surface area (Å²) in [6.45, 7) is 0.979. The summed E-state index contributed by atoms with van der Waals surface area (Å²) in [7, 11) is -0.843. The third-order valence-electron chi connectivity index (χ3n) is 5.07. The molecule has 0 atom stereocenters. The molecule has 0 aromatic heterocycles. The van der Waals surface area contributed by atoms with Crippen LogP contribution in [0.1, 0.15) is 16.8 Å². The summed E-state index contributed by atoms with van der Waals surface area (Å²) >= 11 is 0. The number of anilines is 2. The van der Waals surface area contributed by atoms with Gasteiger partial charge in [0.25, 0.3) is 15.9 Å². The molecule has 0 bridgehead atoms. The van der Waals surface area contributed by atoms with Gasteiger partial charge in [0, 0.05) is 29.4 Å². The molecule has 0 saturated carbocycles. The van der Waals surface area contributed by atoms with Gasteiger partial charge in [0.05, 0.1) is 32.3 Å². The lowest BCUT2D eigenvalue weighted by atomic mass is 10.2. The third-order valence-corrected chi connectivity index (χ3v) is 6.45. The van der Waals surface area contributed by atoms with Crippen LogP contribution in [0.25, 0.3) is 0 Å². The highest BCUT2D eigenvalue weighted by Gasteiger charge is 2.19. The van der Waals surface area contributed by atoms with E-state index < -0.39 is 10.0 Å². The van der Waals surface area contributed by atoms with Gasteiger partial charge in [0.1, 0.15) is 0 Å². The number of methoxy groups -OCH3 is 2. The van der Waals surface area contributed by atoms with Crippen molar-refractivity contribution in [3.63, 3.8) is 0 Å². The third kappa shape index (κ3) is 5.18. The van der Waals surface area contributed by atoms with E-state index in [1.807, 2.05) is 0 Å². The zero-order valence-electron chi connectivity index (χ0n) is 18.7. The number of rotatable bonds is 7. The number of hydrogen-bond acceptors (Lipinski definition) is 7. The summed E-state index contributed by atoms with van der Waals surface area (Å²) in [5.74, 6) is 1.53. The molecule has 34 heavy (non-hydrogen) atoms. The van der Waals surface area contributed by atoms with E-state index in [0.29, 0.717) is 53.2 Å². The van der Waals surface area contributed by atoms with E-state index in [4.69, 9.17) is 18.9 Å². The Morgan fingerprint density at radius 1 is 0.824 bits per heavy atom. The van der Waals surface area contributed by atoms with Crippen molar-refractivity contribution in [3.05, 3.63) is 66.2 Å². The fourth-order valence-electron chi connectivity index (χ4n) is 3.33. The summed E-state index contributed by atoms with van der Waals surface area (Å²) in [5.41, 5.74) is 1.23. The van der Waals surface area contributed by atoms with Crippen molar-refractivity contribution in [2.45, 2.75) is 11.3 Å². The van der Waals surface area contributed by atoms with E-state index in [-0.39, 0.29) is 10.8 Å². The van der Waals surface area contributed by atoms with Gasteiger partial charge in [-0.1, -0.05) is 0 Å². The Balaban J connectivity index is 1.44. The second-order valence-corrected chi connectivity index (χ2v) is 9.05. The first-order valence-electron chi connectivity index (χ1n) is 10.5. The van der Waals surface area contributed by atoms with Crippen LogP contribution in [0.4, 0.5) is 11.4 Å².